The van der Waals surface area contributed by atoms with Crippen LogP contribution in [0.3, 0.4) is 0 Å². The molecule has 0 spiro atoms. The van der Waals surface area contributed by atoms with Crippen molar-refractivity contribution in [3.63, 3.8) is 0 Å². The van der Waals surface area contributed by atoms with Crippen LogP contribution in [0.4, 0.5) is 8.78 Å². The Hall–Kier alpha value is -0.740. The molecule has 0 saturated carbocycles. The van der Waals surface area contributed by atoms with Crippen LogP contribution in [0, 0.1) is 11.6 Å². The number of halogens is 3. The molecule has 4 heteroatoms. The second-order valence-electron chi connectivity index (χ2n) is 4.56. The van der Waals surface area contributed by atoms with Crippen LogP contribution in [-0.2, 0) is 0 Å². The summed E-state index contributed by atoms with van der Waals surface area (Å²) in [7, 11) is 0. The Labute approximate surface area is 114 Å². The maximum absolute atomic E-state index is 13.8. The molecule has 1 aromatic carbocycles. The average molecular weight is 317 g/mol. The van der Waals surface area contributed by atoms with E-state index in [1.807, 2.05) is 6.08 Å². The van der Waals surface area contributed by atoms with Crippen molar-refractivity contribution in [3.8, 4) is 0 Å². The first-order valence-corrected chi connectivity index (χ1v) is 6.90. The molecule has 1 N–H and O–H groups in total. The Bertz CT molecular complexity index is 448. The number of allylic oxidation sites excluding steroid dienone is 1. The van der Waals surface area contributed by atoms with E-state index in [4.69, 9.17) is 0 Å². The molecule has 0 aromatic heterocycles. The van der Waals surface area contributed by atoms with E-state index in [9.17, 15) is 13.9 Å². The van der Waals surface area contributed by atoms with Crippen LogP contribution in [0.5, 0.6) is 0 Å². The number of benzene rings is 1. The first kappa shape index (κ1) is 13.7. The third-order valence-electron chi connectivity index (χ3n) is 3.24. The minimum Gasteiger partial charge on any atom is -0.384 e. The molecule has 18 heavy (non-hydrogen) atoms. The quantitative estimate of drug-likeness (QED) is 0.787. The molecule has 1 nitrogen and oxygen atoms in total. The van der Waals surface area contributed by atoms with E-state index in [0.717, 1.165) is 31.3 Å². The summed E-state index contributed by atoms with van der Waals surface area (Å²) in [5.41, 5.74) is 0.485. The van der Waals surface area contributed by atoms with Crippen molar-refractivity contribution in [2.45, 2.75) is 38.2 Å². The van der Waals surface area contributed by atoms with Gasteiger partial charge in [0.25, 0.3) is 0 Å². The van der Waals surface area contributed by atoms with E-state index in [1.165, 1.54) is 12.1 Å². The Morgan fingerprint density at radius 2 is 1.78 bits per heavy atom. The maximum Gasteiger partial charge on any atom is 0.133 e. The fourth-order valence-electron chi connectivity index (χ4n) is 2.29. The molecule has 0 bridgehead atoms. The second-order valence-corrected chi connectivity index (χ2v) is 5.48. The summed E-state index contributed by atoms with van der Waals surface area (Å²) >= 11 is 3.03. The van der Waals surface area contributed by atoms with E-state index >= 15 is 0 Å². The van der Waals surface area contributed by atoms with Crippen molar-refractivity contribution in [2.24, 2.45) is 0 Å². The maximum atomic E-state index is 13.8. The molecule has 1 aliphatic rings. The van der Waals surface area contributed by atoms with Crippen LogP contribution >= 0.6 is 15.9 Å². The van der Waals surface area contributed by atoms with E-state index < -0.39 is 17.7 Å². The van der Waals surface area contributed by atoms with Crippen molar-refractivity contribution in [1.29, 1.82) is 0 Å². The summed E-state index contributed by atoms with van der Waals surface area (Å²) < 4.78 is 27.9. The molecule has 0 aliphatic heterocycles. The topological polar surface area (TPSA) is 20.2 Å². The highest BCUT2D eigenvalue weighted by atomic mass is 79.9. The smallest absolute Gasteiger partial charge is 0.133 e. The average Bonchev–Trinajstić information content (AvgIpc) is 2.55. The fraction of sp³-hybridized carbons (Fsp3) is 0.429. The zero-order chi connectivity index (χ0) is 13.1. The highest BCUT2D eigenvalue weighted by molar-refractivity contribution is 9.10. The molecule has 2 rings (SSSR count). The molecule has 0 radical (unpaired) electrons. The zero-order valence-corrected chi connectivity index (χ0v) is 11.5. The Kier molecular flexibility index (Phi) is 4.51. The summed E-state index contributed by atoms with van der Waals surface area (Å²) in [5, 5.41) is 10.2. The molecule has 0 fully saturated rings. The van der Waals surface area contributed by atoms with Gasteiger partial charge in [0.2, 0.25) is 0 Å². The Balaban J connectivity index is 2.33. The number of hydrogen-bond donors (Lipinski definition) is 1. The van der Waals surface area contributed by atoms with Gasteiger partial charge < -0.3 is 5.11 Å². The standard InChI is InChI=1S/C14H15BrF2O/c15-10-7-11(16)13(12(17)8-10)14(18)9-5-3-1-2-4-6-9/h5,7-8,14,18H,1-4,6H2. The van der Waals surface area contributed by atoms with Gasteiger partial charge in [0.1, 0.15) is 17.7 Å². The lowest BCUT2D eigenvalue weighted by Gasteiger charge is -2.16. The summed E-state index contributed by atoms with van der Waals surface area (Å²) in [4.78, 5) is 0. The largest absolute Gasteiger partial charge is 0.384 e. The fourth-order valence-corrected chi connectivity index (χ4v) is 2.69. The van der Waals surface area contributed by atoms with Gasteiger partial charge >= 0.3 is 0 Å². The van der Waals surface area contributed by atoms with Crippen LogP contribution in [0.2, 0.25) is 0 Å². The Morgan fingerprint density at radius 3 is 2.44 bits per heavy atom. The number of aliphatic hydroxyl groups is 1. The normalized spacial score (nSPS) is 18.1. The van der Waals surface area contributed by atoms with Gasteiger partial charge in [-0.05, 0) is 43.4 Å². The summed E-state index contributed by atoms with van der Waals surface area (Å²) in [6.45, 7) is 0. The summed E-state index contributed by atoms with van der Waals surface area (Å²) in [6.07, 6.45) is 5.44. The van der Waals surface area contributed by atoms with Crippen molar-refractivity contribution >= 4 is 15.9 Å². The van der Waals surface area contributed by atoms with Gasteiger partial charge in [0, 0.05) is 4.47 Å². The summed E-state index contributed by atoms with van der Waals surface area (Å²) in [5.74, 6) is -1.42. The molecular formula is C14H15BrF2O. The molecule has 1 aliphatic carbocycles. The van der Waals surface area contributed by atoms with E-state index in [-0.39, 0.29) is 5.56 Å². The molecular weight excluding hydrogens is 302 g/mol. The van der Waals surface area contributed by atoms with E-state index in [2.05, 4.69) is 15.9 Å². The predicted octanol–water partition coefficient (Wildman–Crippen LogP) is 4.65. The van der Waals surface area contributed by atoms with Gasteiger partial charge in [0.05, 0.1) is 5.56 Å². The molecule has 98 valence electrons. The van der Waals surface area contributed by atoms with Crippen molar-refractivity contribution < 1.29 is 13.9 Å². The minimum absolute atomic E-state index is 0.244. The SMILES string of the molecule is OC(C1=CCCCCC1)c1c(F)cc(Br)cc1F. The third kappa shape index (κ3) is 2.98. The predicted molar refractivity (Wildman–Crippen MR) is 70.2 cm³/mol. The van der Waals surface area contributed by atoms with Crippen LogP contribution in [-0.4, -0.2) is 5.11 Å². The van der Waals surface area contributed by atoms with Gasteiger partial charge in [-0.25, -0.2) is 8.78 Å². The van der Waals surface area contributed by atoms with Crippen LogP contribution in [0.1, 0.15) is 43.8 Å². The summed E-state index contributed by atoms with van der Waals surface area (Å²) in [6, 6.07) is 2.36. The first-order chi connectivity index (χ1) is 8.59. The van der Waals surface area contributed by atoms with Gasteiger partial charge in [-0.2, -0.15) is 0 Å². The number of aliphatic hydroxyl groups excluding tert-OH is 1. The minimum atomic E-state index is -1.17. The van der Waals surface area contributed by atoms with Crippen molar-refractivity contribution in [1.82, 2.24) is 0 Å². The van der Waals surface area contributed by atoms with Gasteiger partial charge in [-0.1, -0.05) is 28.4 Å². The van der Waals surface area contributed by atoms with Crippen LogP contribution in [0.25, 0.3) is 0 Å². The second kappa shape index (κ2) is 5.93. The molecule has 1 atom stereocenters. The molecule has 0 saturated heterocycles. The first-order valence-electron chi connectivity index (χ1n) is 6.11. The highest BCUT2D eigenvalue weighted by Crippen LogP contribution is 2.33. The molecule has 0 amide bonds. The van der Waals surface area contributed by atoms with Crippen molar-refractivity contribution in [3.05, 3.63) is 45.5 Å². The van der Waals surface area contributed by atoms with E-state index in [0.29, 0.717) is 10.9 Å². The van der Waals surface area contributed by atoms with Gasteiger partial charge in [-0.15, -0.1) is 0 Å². The number of rotatable bonds is 2. The number of hydrogen-bond acceptors (Lipinski definition) is 1. The van der Waals surface area contributed by atoms with Gasteiger partial charge in [-0.3, -0.25) is 0 Å². The molecule has 1 unspecified atom stereocenters. The lowest BCUT2D eigenvalue weighted by molar-refractivity contribution is 0.199. The van der Waals surface area contributed by atoms with Crippen molar-refractivity contribution in [2.75, 3.05) is 0 Å². The monoisotopic (exact) mass is 316 g/mol. The molecule has 1 aromatic rings. The highest BCUT2D eigenvalue weighted by Gasteiger charge is 2.22. The zero-order valence-electron chi connectivity index (χ0n) is 9.93. The third-order valence-corrected chi connectivity index (χ3v) is 3.70. The Morgan fingerprint density at radius 1 is 1.11 bits per heavy atom. The van der Waals surface area contributed by atoms with Gasteiger partial charge in [0.15, 0.2) is 0 Å². The lowest BCUT2D eigenvalue weighted by Crippen LogP contribution is -2.07. The molecule has 0 heterocycles. The lowest BCUT2D eigenvalue weighted by atomic mass is 9.97. The van der Waals surface area contributed by atoms with Crippen LogP contribution < -0.4 is 0 Å². The van der Waals surface area contributed by atoms with Crippen LogP contribution in [0.15, 0.2) is 28.3 Å². The van der Waals surface area contributed by atoms with E-state index in [1.54, 1.807) is 0 Å².